The summed E-state index contributed by atoms with van der Waals surface area (Å²) in [5.74, 6) is -0.729. The number of nitrogens with zero attached hydrogens (tertiary/aromatic N) is 1. The van der Waals surface area contributed by atoms with Crippen LogP contribution in [0.2, 0.25) is 5.02 Å². The molecule has 1 aromatic rings. The lowest BCUT2D eigenvalue weighted by atomic mass is 10.2. The summed E-state index contributed by atoms with van der Waals surface area (Å²) in [5.41, 5.74) is 0.0942. The van der Waals surface area contributed by atoms with Crippen LogP contribution in [0.25, 0.3) is 0 Å². The molecule has 1 amide bonds. The lowest BCUT2D eigenvalue weighted by Gasteiger charge is -2.11. The molecule has 0 fully saturated rings. The summed E-state index contributed by atoms with van der Waals surface area (Å²) in [7, 11) is 3.33. The molecule has 98 valence electrons. The predicted octanol–water partition coefficient (Wildman–Crippen LogP) is 1.90. The maximum Gasteiger partial charge on any atom is 0.335 e. The second kappa shape index (κ2) is 6.26. The average Bonchev–Trinajstić information content (AvgIpc) is 2.30. The third kappa shape index (κ3) is 3.92. The van der Waals surface area contributed by atoms with Crippen molar-refractivity contribution in [1.29, 1.82) is 0 Å². The zero-order chi connectivity index (χ0) is 13.7. The number of rotatable bonds is 5. The van der Waals surface area contributed by atoms with Gasteiger partial charge in [0.25, 0.3) is 0 Å². The Balaban J connectivity index is 2.58. The Hall–Kier alpha value is -1.75. The molecule has 6 heteroatoms. The second-order valence-electron chi connectivity index (χ2n) is 3.84. The number of carbonyl (C=O) groups is 2. The summed E-state index contributed by atoms with van der Waals surface area (Å²) < 4.78 is 5.32. The zero-order valence-corrected chi connectivity index (χ0v) is 10.9. The predicted molar refractivity (Wildman–Crippen MR) is 67.2 cm³/mol. The van der Waals surface area contributed by atoms with Crippen molar-refractivity contribution in [3.8, 4) is 5.75 Å². The van der Waals surface area contributed by atoms with Gasteiger partial charge in [0.05, 0.1) is 23.6 Å². The quantitative estimate of drug-likeness (QED) is 0.888. The molecule has 1 rings (SSSR count). The van der Waals surface area contributed by atoms with Crippen molar-refractivity contribution in [3.63, 3.8) is 0 Å². The van der Waals surface area contributed by atoms with E-state index in [9.17, 15) is 9.59 Å². The Morgan fingerprint density at radius 3 is 2.56 bits per heavy atom. The van der Waals surface area contributed by atoms with Gasteiger partial charge in [-0.2, -0.15) is 0 Å². The first kappa shape index (κ1) is 14.3. The Bertz CT molecular complexity index is 459. The molecule has 0 unspecified atom stereocenters. The molecule has 1 N–H and O–H groups in total. The van der Waals surface area contributed by atoms with Gasteiger partial charge in [0.15, 0.2) is 0 Å². The summed E-state index contributed by atoms with van der Waals surface area (Å²) in [4.78, 5) is 23.5. The van der Waals surface area contributed by atoms with Crippen molar-refractivity contribution in [3.05, 3.63) is 28.8 Å². The molecule has 0 saturated heterocycles. The van der Waals surface area contributed by atoms with Gasteiger partial charge in [-0.05, 0) is 18.2 Å². The number of carboxylic acids is 1. The minimum atomic E-state index is -1.05. The van der Waals surface area contributed by atoms with Gasteiger partial charge < -0.3 is 14.7 Å². The SMILES string of the molecule is CN(C)C(=O)CCOc1ccc(C(=O)O)cc1Cl. The summed E-state index contributed by atoms with van der Waals surface area (Å²) >= 11 is 5.87. The number of benzene rings is 1. The van der Waals surface area contributed by atoms with E-state index in [4.69, 9.17) is 21.4 Å². The van der Waals surface area contributed by atoms with E-state index in [2.05, 4.69) is 0 Å². The molecule has 0 aliphatic carbocycles. The topological polar surface area (TPSA) is 66.8 Å². The summed E-state index contributed by atoms with van der Waals surface area (Å²) in [5, 5.41) is 8.98. The first-order valence-corrected chi connectivity index (χ1v) is 5.65. The van der Waals surface area contributed by atoms with Crippen molar-refractivity contribution in [2.75, 3.05) is 20.7 Å². The molecule has 0 spiro atoms. The molecule has 1 aromatic carbocycles. The molecule has 18 heavy (non-hydrogen) atoms. The number of aromatic carboxylic acids is 1. The standard InChI is InChI=1S/C12H14ClNO4/c1-14(2)11(15)5-6-18-10-4-3-8(12(16)17)7-9(10)13/h3-4,7H,5-6H2,1-2H3,(H,16,17). The fourth-order valence-electron chi connectivity index (χ4n) is 1.22. The van der Waals surface area contributed by atoms with Crippen molar-refractivity contribution in [2.24, 2.45) is 0 Å². The lowest BCUT2D eigenvalue weighted by molar-refractivity contribution is -0.129. The van der Waals surface area contributed by atoms with Crippen molar-refractivity contribution in [1.82, 2.24) is 4.90 Å². The van der Waals surface area contributed by atoms with Crippen molar-refractivity contribution in [2.45, 2.75) is 6.42 Å². The van der Waals surface area contributed by atoms with Gasteiger partial charge in [-0.15, -0.1) is 0 Å². The van der Waals surface area contributed by atoms with E-state index >= 15 is 0 Å². The number of hydrogen-bond acceptors (Lipinski definition) is 3. The first-order chi connectivity index (χ1) is 8.41. The first-order valence-electron chi connectivity index (χ1n) is 5.27. The van der Waals surface area contributed by atoms with E-state index in [1.165, 1.54) is 23.1 Å². The van der Waals surface area contributed by atoms with Crippen LogP contribution in [0.3, 0.4) is 0 Å². The van der Waals surface area contributed by atoms with Gasteiger partial charge in [-0.3, -0.25) is 4.79 Å². The fourth-order valence-corrected chi connectivity index (χ4v) is 1.46. The molecule has 0 aliphatic heterocycles. The van der Waals surface area contributed by atoms with E-state index in [1.807, 2.05) is 0 Å². The molecule has 0 aromatic heterocycles. The number of amides is 1. The van der Waals surface area contributed by atoms with Gasteiger partial charge >= 0.3 is 5.97 Å². The Morgan fingerprint density at radius 2 is 2.06 bits per heavy atom. The van der Waals surface area contributed by atoms with Crippen LogP contribution in [-0.2, 0) is 4.79 Å². The number of ether oxygens (including phenoxy) is 1. The summed E-state index contributed by atoms with van der Waals surface area (Å²) in [6.45, 7) is 0.198. The summed E-state index contributed by atoms with van der Waals surface area (Å²) in [6, 6.07) is 4.19. The van der Waals surface area contributed by atoms with Crippen LogP contribution in [0, 0.1) is 0 Å². The van der Waals surface area contributed by atoms with Crippen LogP contribution in [0.5, 0.6) is 5.75 Å². The largest absolute Gasteiger partial charge is 0.491 e. The smallest absolute Gasteiger partial charge is 0.335 e. The van der Waals surface area contributed by atoms with Crippen LogP contribution in [0.4, 0.5) is 0 Å². The minimum Gasteiger partial charge on any atom is -0.491 e. The third-order valence-corrected chi connectivity index (χ3v) is 2.55. The Labute approximate surface area is 110 Å². The highest BCUT2D eigenvalue weighted by molar-refractivity contribution is 6.32. The monoisotopic (exact) mass is 271 g/mol. The second-order valence-corrected chi connectivity index (χ2v) is 4.24. The summed E-state index contributed by atoms with van der Waals surface area (Å²) in [6.07, 6.45) is 0.240. The molecule has 0 saturated carbocycles. The maximum absolute atomic E-state index is 11.3. The highest BCUT2D eigenvalue weighted by Crippen LogP contribution is 2.25. The normalized spacial score (nSPS) is 9.94. The Morgan fingerprint density at radius 1 is 1.39 bits per heavy atom. The molecular formula is C12H14ClNO4. The van der Waals surface area contributed by atoms with Gasteiger partial charge in [-0.1, -0.05) is 11.6 Å². The van der Waals surface area contributed by atoms with Crippen LogP contribution < -0.4 is 4.74 Å². The molecule has 0 atom stereocenters. The van der Waals surface area contributed by atoms with Crippen LogP contribution in [0.15, 0.2) is 18.2 Å². The molecular weight excluding hydrogens is 258 g/mol. The third-order valence-electron chi connectivity index (χ3n) is 2.25. The Kier molecular flexibility index (Phi) is 4.97. The van der Waals surface area contributed by atoms with Crippen LogP contribution in [0.1, 0.15) is 16.8 Å². The molecule has 0 heterocycles. The molecule has 0 radical (unpaired) electrons. The van der Waals surface area contributed by atoms with Gasteiger partial charge in [0.2, 0.25) is 5.91 Å². The maximum atomic E-state index is 11.3. The number of hydrogen-bond donors (Lipinski definition) is 1. The van der Waals surface area contributed by atoms with Crippen LogP contribution in [-0.4, -0.2) is 42.6 Å². The number of carbonyl (C=O) groups excluding carboxylic acids is 1. The lowest BCUT2D eigenvalue weighted by Crippen LogP contribution is -2.23. The number of carboxylic acid groups (broad SMARTS) is 1. The van der Waals surface area contributed by atoms with Crippen LogP contribution >= 0.6 is 11.6 Å². The van der Waals surface area contributed by atoms with Crippen molar-refractivity contribution >= 4 is 23.5 Å². The van der Waals surface area contributed by atoms with Gasteiger partial charge in [0, 0.05) is 14.1 Å². The highest BCUT2D eigenvalue weighted by Gasteiger charge is 2.09. The number of halogens is 1. The van der Waals surface area contributed by atoms with E-state index in [1.54, 1.807) is 14.1 Å². The van der Waals surface area contributed by atoms with E-state index in [-0.39, 0.29) is 29.5 Å². The van der Waals surface area contributed by atoms with Gasteiger partial charge in [0.1, 0.15) is 5.75 Å². The van der Waals surface area contributed by atoms with Crippen molar-refractivity contribution < 1.29 is 19.4 Å². The molecule has 0 aliphatic rings. The van der Waals surface area contributed by atoms with E-state index in [0.29, 0.717) is 5.75 Å². The molecule has 0 bridgehead atoms. The highest BCUT2D eigenvalue weighted by atomic mass is 35.5. The minimum absolute atomic E-state index is 0.0479. The fraction of sp³-hybridized carbons (Fsp3) is 0.333. The van der Waals surface area contributed by atoms with Gasteiger partial charge in [-0.25, -0.2) is 4.79 Å². The van der Waals surface area contributed by atoms with E-state index in [0.717, 1.165) is 0 Å². The van der Waals surface area contributed by atoms with E-state index < -0.39 is 5.97 Å². The molecule has 5 nitrogen and oxygen atoms in total. The average molecular weight is 272 g/mol. The zero-order valence-electron chi connectivity index (χ0n) is 10.1.